The number of carbonyl (C=O) groups excluding carboxylic acids is 2. The number of amides is 1. The summed E-state index contributed by atoms with van der Waals surface area (Å²) in [5.74, 6) is -0.455. The van der Waals surface area contributed by atoms with Crippen LogP contribution in [0.2, 0.25) is 0 Å². The van der Waals surface area contributed by atoms with E-state index < -0.39 is 5.78 Å². The fourth-order valence-electron chi connectivity index (χ4n) is 4.27. The highest BCUT2D eigenvalue weighted by Crippen LogP contribution is 2.38. The molecule has 0 spiro atoms. The van der Waals surface area contributed by atoms with Crippen molar-refractivity contribution in [2.45, 2.75) is 81.1 Å². The molecular formula is C33H47ClN4O3S. The predicted octanol–water partition coefficient (Wildman–Crippen LogP) is 8.24. The van der Waals surface area contributed by atoms with Crippen LogP contribution < -0.4 is 21.3 Å². The molecule has 5 N–H and O–H groups in total. The van der Waals surface area contributed by atoms with Crippen LogP contribution in [0.1, 0.15) is 81.1 Å². The molecule has 1 aliphatic rings. The third-order valence-electron chi connectivity index (χ3n) is 6.90. The Morgan fingerprint density at radius 1 is 1.10 bits per heavy atom. The second kappa shape index (κ2) is 16.5. The number of Topliss-reactive ketones (excluding diaryl/α,β-unsaturated/α-hetero) is 1. The highest BCUT2D eigenvalue weighted by Gasteiger charge is 2.29. The largest absolute Gasteiger partial charge is 0.507 e. The van der Waals surface area contributed by atoms with Crippen LogP contribution >= 0.6 is 23.4 Å². The number of aliphatic hydroxyl groups excluding tert-OH is 1. The van der Waals surface area contributed by atoms with Crippen molar-refractivity contribution in [3.63, 3.8) is 0 Å². The standard InChI is InChI=1S/C33H47ClN4O3S/c1-9-18-38(19-17-20(3)4)26-14-12-25(13-15-26)37-33(21(5)10-2)42-32(23(7)35)31(41)28-27(40)16-11-22(6)30(29(28)34)36-24(8)39/h12-16,20,37,40H,9-11,17-19,35H2,1-8H3,(H,36,39)/b32-23+,33-21+. The SMILES string of the molecule is CCCN(CCC(C)C)c1ccc(N/C(S/C(C(=O)C2=C(Cl)C(NC(C)=O)=C(C)CC=C2O)=C(\C)N)=C(/C)CC)cc1. The minimum atomic E-state index is -0.518. The molecule has 1 aromatic carbocycles. The van der Waals surface area contributed by atoms with Crippen molar-refractivity contribution in [2.24, 2.45) is 11.7 Å². The Morgan fingerprint density at radius 3 is 2.26 bits per heavy atom. The average Bonchev–Trinajstić information content (AvgIpc) is 3.03. The molecule has 230 valence electrons. The molecule has 9 heteroatoms. The van der Waals surface area contributed by atoms with Gasteiger partial charge >= 0.3 is 0 Å². The lowest BCUT2D eigenvalue weighted by molar-refractivity contribution is -0.118. The van der Waals surface area contributed by atoms with Gasteiger partial charge in [-0.25, -0.2) is 0 Å². The molecule has 0 fully saturated rings. The van der Waals surface area contributed by atoms with Gasteiger partial charge in [0.05, 0.1) is 26.2 Å². The maximum Gasteiger partial charge on any atom is 0.221 e. The first-order valence-electron chi connectivity index (χ1n) is 14.6. The molecule has 7 nitrogen and oxygen atoms in total. The number of hydrogen-bond donors (Lipinski definition) is 4. The Kier molecular flexibility index (Phi) is 13.8. The van der Waals surface area contributed by atoms with Crippen molar-refractivity contribution >= 4 is 46.4 Å². The number of carbonyl (C=O) groups is 2. The molecule has 0 saturated heterocycles. The third-order valence-corrected chi connectivity index (χ3v) is 8.64. The molecule has 0 aromatic heterocycles. The Balaban J connectivity index is 2.42. The third kappa shape index (κ3) is 9.73. The van der Waals surface area contributed by atoms with Gasteiger partial charge in [-0.1, -0.05) is 51.1 Å². The topological polar surface area (TPSA) is 108 Å². The second-order valence-electron chi connectivity index (χ2n) is 11.1. The van der Waals surface area contributed by atoms with Gasteiger partial charge in [0, 0.05) is 37.1 Å². The van der Waals surface area contributed by atoms with Gasteiger partial charge in [0.2, 0.25) is 11.7 Å². The zero-order chi connectivity index (χ0) is 31.6. The van der Waals surface area contributed by atoms with E-state index in [0.717, 1.165) is 54.2 Å². The molecule has 0 heterocycles. The van der Waals surface area contributed by atoms with Crippen molar-refractivity contribution in [3.8, 4) is 0 Å². The monoisotopic (exact) mass is 614 g/mol. The van der Waals surface area contributed by atoms with Gasteiger partial charge in [-0.05, 0) is 93.9 Å². The highest BCUT2D eigenvalue weighted by molar-refractivity contribution is 8.07. The quantitative estimate of drug-likeness (QED) is 0.156. The molecule has 1 amide bonds. The minimum absolute atomic E-state index is 0.0197. The van der Waals surface area contributed by atoms with E-state index in [-0.39, 0.29) is 27.2 Å². The number of aliphatic hydroxyl groups is 1. The van der Waals surface area contributed by atoms with Crippen molar-refractivity contribution in [1.82, 2.24) is 5.32 Å². The summed E-state index contributed by atoms with van der Waals surface area (Å²) < 4.78 is 0. The number of rotatable bonds is 14. The zero-order valence-corrected chi connectivity index (χ0v) is 27.9. The van der Waals surface area contributed by atoms with E-state index >= 15 is 0 Å². The summed E-state index contributed by atoms with van der Waals surface area (Å²) in [6, 6.07) is 8.33. The Labute approximate surface area is 261 Å². The van der Waals surface area contributed by atoms with E-state index in [4.69, 9.17) is 17.3 Å². The number of nitrogens with zero attached hydrogens (tertiary/aromatic N) is 1. The number of ketones is 1. The van der Waals surface area contributed by atoms with E-state index in [1.54, 1.807) is 13.8 Å². The molecule has 1 aliphatic carbocycles. The van der Waals surface area contributed by atoms with Crippen LogP contribution in [0.25, 0.3) is 0 Å². The molecule has 0 saturated carbocycles. The summed E-state index contributed by atoms with van der Waals surface area (Å²) in [6.07, 6.45) is 4.80. The van der Waals surface area contributed by atoms with Crippen LogP contribution in [0, 0.1) is 5.92 Å². The van der Waals surface area contributed by atoms with Crippen molar-refractivity contribution < 1.29 is 14.7 Å². The summed E-state index contributed by atoms with van der Waals surface area (Å²) in [5.41, 5.74) is 10.6. The van der Waals surface area contributed by atoms with E-state index in [9.17, 15) is 14.7 Å². The lowest BCUT2D eigenvalue weighted by atomic mass is 10.1. The Bertz CT molecular complexity index is 1300. The maximum atomic E-state index is 13.9. The van der Waals surface area contributed by atoms with Gasteiger partial charge in [0.1, 0.15) is 5.76 Å². The predicted molar refractivity (Wildman–Crippen MR) is 179 cm³/mol. The fourth-order valence-corrected chi connectivity index (χ4v) is 5.71. The molecule has 0 unspecified atom stereocenters. The van der Waals surface area contributed by atoms with Crippen LogP contribution in [-0.4, -0.2) is 29.9 Å². The summed E-state index contributed by atoms with van der Waals surface area (Å²) in [4.78, 5) is 28.5. The number of allylic oxidation sites excluding steroid dienone is 7. The van der Waals surface area contributed by atoms with Gasteiger partial charge in [0.25, 0.3) is 0 Å². The van der Waals surface area contributed by atoms with E-state index in [1.807, 2.05) is 26.0 Å². The normalized spacial score (nSPS) is 15.1. The van der Waals surface area contributed by atoms with Gasteiger partial charge in [-0.3, -0.25) is 9.59 Å². The maximum absolute atomic E-state index is 13.9. The summed E-state index contributed by atoms with van der Waals surface area (Å²) in [5, 5.41) is 17.8. The molecule has 0 bridgehead atoms. The van der Waals surface area contributed by atoms with E-state index in [1.165, 1.54) is 30.4 Å². The molecule has 0 atom stereocenters. The lowest BCUT2D eigenvalue weighted by Crippen LogP contribution is -2.26. The molecule has 1 aromatic rings. The summed E-state index contributed by atoms with van der Waals surface area (Å²) >= 11 is 7.88. The van der Waals surface area contributed by atoms with Crippen LogP contribution in [0.15, 0.2) is 79.2 Å². The molecular weight excluding hydrogens is 568 g/mol. The summed E-state index contributed by atoms with van der Waals surface area (Å²) in [7, 11) is 0. The number of benzene rings is 1. The van der Waals surface area contributed by atoms with Crippen molar-refractivity contribution in [2.75, 3.05) is 23.3 Å². The first-order valence-corrected chi connectivity index (χ1v) is 15.8. The lowest BCUT2D eigenvalue weighted by Gasteiger charge is -2.25. The van der Waals surface area contributed by atoms with E-state index in [0.29, 0.717) is 23.7 Å². The van der Waals surface area contributed by atoms with Gasteiger partial charge in [-0.2, -0.15) is 0 Å². The smallest absolute Gasteiger partial charge is 0.221 e. The van der Waals surface area contributed by atoms with Crippen LogP contribution in [-0.2, 0) is 9.59 Å². The Morgan fingerprint density at radius 2 is 1.74 bits per heavy atom. The van der Waals surface area contributed by atoms with Crippen LogP contribution in [0.3, 0.4) is 0 Å². The minimum Gasteiger partial charge on any atom is -0.507 e. The van der Waals surface area contributed by atoms with Crippen LogP contribution in [0.4, 0.5) is 11.4 Å². The molecule has 0 aliphatic heterocycles. The van der Waals surface area contributed by atoms with Crippen molar-refractivity contribution in [1.29, 1.82) is 0 Å². The van der Waals surface area contributed by atoms with Gasteiger partial charge in [-0.15, -0.1) is 0 Å². The molecule has 2 rings (SSSR count). The average molecular weight is 615 g/mol. The number of thioether (sulfide) groups is 1. The molecule has 0 radical (unpaired) electrons. The summed E-state index contributed by atoms with van der Waals surface area (Å²) in [6.45, 7) is 17.5. The van der Waals surface area contributed by atoms with Crippen molar-refractivity contribution in [3.05, 3.63) is 79.2 Å². The Hall–Kier alpha value is -3.10. The van der Waals surface area contributed by atoms with Gasteiger partial charge < -0.3 is 26.4 Å². The number of anilines is 2. The van der Waals surface area contributed by atoms with Gasteiger partial charge in [0.15, 0.2) is 0 Å². The fraction of sp³-hybridized carbons (Fsp3) is 0.455. The second-order valence-corrected chi connectivity index (χ2v) is 12.5. The van der Waals surface area contributed by atoms with E-state index in [2.05, 4.69) is 48.4 Å². The van der Waals surface area contributed by atoms with Crippen LogP contribution in [0.5, 0.6) is 0 Å². The first kappa shape index (κ1) is 35.1. The number of nitrogens with one attached hydrogen (secondary N) is 2. The number of hydrogen-bond acceptors (Lipinski definition) is 7. The zero-order valence-electron chi connectivity index (χ0n) is 26.3. The number of halogens is 1. The highest BCUT2D eigenvalue weighted by atomic mass is 35.5. The number of nitrogens with two attached hydrogens (primary N) is 1. The molecule has 42 heavy (non-hydrogen) atoms. The first-order chi connectivity index (χ1) is 19.8.